The SMILES string of the molecule is CCCOc1ccc(NC(=O)[C@H]2CNC[C@@H]2c2cnn(C)c2)cc1Cl.Cl. The Hall–Kier alpha value is -1.76. The normalized spacial score (nSPS) is 19.0. The molecule has 0 radical (unpaired) electrons. The minimum absolute atomic E-state index is 0. The smallest absolute Gasteiger partial charge is 0.229 e. The number of halogens is 2. The number of carbonyl (C=O) groups excluding carboxylic acids is 1. The van der Waals surface area contributed by atoms with Gasteiger partial charge in [0.25, 0.3) is 0 Å². The zero-order valence-corrected chi connectivity index (χ0v) is 16.4. The van der Waals surface area contributed by atoms with Crippen molar-refractivity contribution in [3.63, 3.8) is 0 Å². The van der Waals surface area contributed by atoms with E-state index in [0.717, 1.165) is 18.5 Å². The van der Waals surface area contributed by atoms with Gasteiger partial charge in [-0.05, 0) is 30.2 Å². The van der Waals surface area contributed by atoms with Crippen LogP contribution in [-0.4, -0.2) is 35.4 Å². The van der Waals surface area contributed by atoms with Gasteiger partial charge in [-0.1, -0.05) is 18.5 Å². The summed E-state index contributed by atoms with van der Waals surface area (Å²) in [6.07, 6.45) is 4.71. The average molecular weight is 399 g/mol. The quantitative estimate of drug-likeness (QED) is 0.783. The largest absolute Gasteiger partial charge is 0.492 e. The van der Waals surface area contributed by atoms with E-state index < -0.39 is 0 Å². The molecule has 0 saturated carbocycles. The molecule has 2 aromatic rings. The first-order chi connectivity index (χ1) is 12.1. The maximum Gasteiger partial charge on any atom is 0.229 e. The van der Waals surface area contributed by atoms with E-state index >= 15 is 0 Å². The van der Waals surface area contributed by atoms with E-state index in [1.54, 1.807) is 16.8 Å². The van der Waals surface area contributed by atoms with Gasteiger partial charge in [0.2, 0.25) is 5.91 Å². The molecule has 1 amide bonds. The molecule has 1 aliphatic rings. The Bertz CT molecular complexity index is 751. The third-order valence-electron chi connectivity index (χ3n) is 4.37. The van der Waals surface area contributed by atoms with Gasteiger partial charge in [-0.15, -0.1) is 12.4 Å². The number of anilines is 1. The van der Waals surface area contributed by atoms with Crippen LogP contribution in [0.1, 0.15) is 24.8 Å². The maximum absolute atomic E-state index is 12.7. The molecule has 1 saturated heterocycles. The molecular formula is C18H24Cl2N4O2. The molecular weight excluding hydrogens is 375 g/mol. The fraction of sp³-hybridized carbons (Fsp3) is 0.444. The van der Waals surface area contributed by atoms with Gasteiger partial charge in [0.05, 0.1) is 23.7 Å². The van der Waals surface area contributed by atoms with Gasteiger partial charge < -0.3 is 15.4 Å². The first-order valence-electron chi connectivity index (χ1n) is 8.51. The second-order valence-corrected chi connectivity index (χ2v) is 6.71. The highest BCUT2D eigenvalue weighted by Gasteiger charge is 2.34. The number of aromatic nitrogens is 2. The minimum Gasteiger partial charge on any atom is -0.492 e. The molecule has 142 valence electrons. The molecule has 1 aromatic heterocycles. The van der Waals surface area contributed by atoms with Crippen molar-refractivity contribution in [3.8, 4) is 5.75 Å². The van der Waals surface area contributed by atoms with Crippen LogP contribution >= 0.6 is 24.0 Å². The maximum atomic E-state index is 12.7. The van der Waals surface area contributed by atoms with Crippen LogP contribution in [0.5, 0.6) is 5.75 Å². The van der Waals surface area contributed by atoms with Gasteiger partial charge >= 0.3 is 0 Å². The van der Waals surface area contributed by atoms with Crippen molar-refractivity contribution in [1.29, 1.82) is 0 Å². The van der Waals surface area contributed by atoms with Gasteiger partial charge in [-0.2, -0.15) is 5.10 Å². The van der Waals surface area contributed by atoms with Crippen LogP contribution in [-0.2, 0) is 11.8 Å². The molecule has 2 heterocycles. The van der Waals surface area contributed by atoms with E-state index in [1.165, 1.54) is 0 Å². The highest BCUT2D eigenvalue weighted by molar-refractivity contribution is 6.32. The summed E-state index contributed by atoms with van der Waals surface area (Å²) in [5.74, 6) is 0.602. The van der Waals surface area contributed by atoms with Gasteiger partial charge in [0.1, 0.15) is 5.75 Å². The lowest BCUT2D eigenvalue weighted by Gasteiger charge is -2.17. The second kappa shape index (κ2) is 9.26. The number of benzene rings is 1. The summed E-state index contributed by atoms with van der Waals surface area (Å²) < 4.78 is 7.32. The summed E-state index contributed by atoms with van der Waals surface area (Å²) >= 11 is 6.24. The van der Waals surface area contributed by atoms with Crippen LogP contribution < -0.4 is 15.4 Å². The van der Waals surface area contributed by atoms with Crippen molar-refractivity contribution in [1.82, 2.24) is 15.1 Å². The number of carbonyl (C=O) groups is 1. The lowest BCUT2D eigenvalue weighted by atomic mass is 9.90. The van der Waals surface area contributed by atoms with Gasteiger partial charge in [-0.3, -0.25) is 9.48 Å². The summed E-state index contributed by atoms with van der Waals surface area (Å²) in [4.78, 5) is 12.7. The van der Waals surface area contributed by atoms with E-state index in [-0.39, 0.29) is 30.2 Å². The molecule has 2 N–H and O–H groups in total. The van der Waals surface area contributed by atoms with Crippen molar-refractivity contribution in [3.05, 3.63) is 41.2 Å². The molecule has 8 heteroatoms. The molecule has 1 aromatic carbocycles. The Kier molecular flexibility index (Phi) is 7.32. The lowest BCUT2D eigenvalue weighted by Crippen LogP contribution is -2.28. The van der Waals surface area contributed by atoms with Crippen LogP contribution in [0.25, 0.3) is 0 Å². The summed E-state index contributed by atoms with van der Waals surface area (Å²) in [7, 11) is 1.88. The minimum atomic E-state index is -0.140. The molecule has 1 fully saturated rings. The molecule has 1 aliphatic heterocycles. The van der Waals surface area contributed by atoms with Crippen LogP contribution in [0.3, 0.4) is 0 Å². The topological polar surface area (TPSA) is 68.2 Å². The number of hydrogen-bond donors (Lipinski definition) is 2. The Morgan fingerprint density at radius 2 is 2.27 bits per heavy atom. The van der Waals surface area contributed by atoms with E-state index in [2.05, 4.69) is 15.7 Å². The third-order valence-corrected chi connectivity index (χ3v) is 4.66. The summed E-state index contributed by atoms with van der Waals surface area (Å²) in [6.45, 7) is 4.08. The van der Waals surface area contributed by atoms with Crippen molar-refractivity contribution in [2.45, 2.75) is 19.3 Å². The number of hydrogen-bond acceptors (Lipinski definition) is 4. The molecule has 0 unspecified atom stereocenters. The van der Waals surface area contributed by atoms with E-state index in [4.69, 9.17) is 16.3 Å². The van der Waals surface area contributed by atoms with Crippen molar-refractivity contribution in [2.75, 3.05) is 25.0 Å². The van der Waals surface area contributed by atoms with Crippen LogP contribution in [0.4, 0.5) is 5.69 Å². The zero-order valence-electron chi connectivity index (χ0n) is 14.9. The van der Waals surface area contributed by atoms with Crippen molar-refractivity contribution in [2.24, 2.45) is 13.0 Å². The molecule has 0 spiro atoms. The molecule has 2 atom stereocenters. The Morgan fingerprint density at radius 3 is 2.92 bits per heavy atom. The molecule has 3 rings (SSSR count). The Morgan fingerprint density at radius 1 is 1.46 bits per heavy atom. The first kappa shape index (κ1) is 20.6. The summed E-state index contributed by atoms with van der Waals surface area (Å²) in [5.41, 5.74) is 1.75. The van der Waals surface area contributed by atoms with Gasteiger partial charge in [-0.25, -0.2) is 0 Å². The zero-order chi connectivity index (χ0) is 17.8. The number of nitrogens with zero attached hydrogens (tertiary/aromatic N) is 2. The molecule has 6 nitrogen and oxygen atoms in total. The molecule has 26 heavy (non-hydrogen) atoms. The lowest BCUT2D eigenvalue weighted by molar-refractivity contribution is -0.119. The van der Waals surface area contributed by atoms with Crippen LogP contribution in [0.15, 0.2) is 30.6 Å². The number of ether oxygens (including phenoxy) is 1. The highest BCUT2D eigenvalue weighted by atomic mass is 35.5. The average Bonchev–Trinajstić information content (AvgIpc) is 3.22. The highest BCUT2D eigenvalue weighted by Crippen LogP contribution is 2.31. The summed E-state index contributed by atoms with van der Waals surface area (Å²) in [6, 6.07) is 5.33. The first-order valence-corrected chi connectivity index (χ1v) is 8.88. The van der Waals surface area contributed by atoms with E-state index in [1.807, 2.05) is 32.4 Å². The van der Waals surface area contributed by atoms with E-state index in [9.17, 15) is 4.79 Å². The Labute approximate surface area is 164 Å². The van der Waals surface area contributed by atoms with Crippen LogP contribution in [0.2, 0.25) is 5.02 Å². The fourth-order valence-corrected chi connectivity index (χ4v) is 3.31. The number of nitrogens with one attached hydrogen (secondary N) is 2. The Balaban J connectivity index is 0.00000243. The fourth-order valence-electron chi connectivity index (χ4n) is 3.08. The van der Waals surface area contributed by atoms with Crippen molar-refractivity contribution < 1.29 is 9.53 Å². The predicted octanol–water partition coefficient (Wildman–Crippen LogP) is 3.23. The summed E-state index contributed by atoms with van der Waals surface area (Å²) in [5, 5.41) is 11.0. The standard InChI is InChI=1S/C18H23ClN4O2.ClH/c1-3-6-25-17-5-4-13(7-16(17)19)22-18(24)15-10-20-9-14(15)12-8-21-23(2)11-12;/h4-5,7-8,11,14-15,20H,3,6,9-10H2,1-2H3,(H,22,24);1H/t14-,15+;/m1./s1. The van der Waals surface area contributed by atoms with Crippen molar-refractivity contribution >= 4 is 35.6 Å². The van der Waals surface area contributed by atoms with E-state index in [0.29, 0.717) is 29.6 Å². The predicted molar refractivity (Wildman–Crippen MR) is 105 cm³/mol. The second-order valence-electron chi connectivity index (χ2n) is 6.30. The number of amides is 1. The monoisotopic (exact) mass is 398 g/mol. The van der Waals surface area contributed by atoms with Gasteiger partial charge in [0.15, 0.2) is 0 Å². The molecule has 0 aliphatic carbocycles. The number of aryl methyl sites for hydroxylation is 1. The molecule has 0 bridgehead atoms. The number of rotatable bonds is 6. The third kappa shape index (κ3) is 4.69. The van der Waals surface area contributed by atoms with Crippen LogP contribution in [0, 0.1) is 5.92 Å². The van der Waals surface area contributed by atoms with Gasteiger partial charge in [0, 0.05) is 37.9 Å².